The lowest BCUT2D eigenvalue weighted by Crippen LogP contribution is -2.01. The summed E-state index contributed by atoms with van der Waals surface area (Å²) in [5, 5.41) is 12.7. The lowest BCUT2D eigenvalue weighted by molar-refractivity contribution is 0.173. The molecule has 0 saturated heterocycles. The normalized spacial score (nSPS) is 14.3. The molecular weight excluding hydrogens is 266 g/mol. The number of aliphatic hydroxyl groups excluding tert-OH is 1. The summed E-state index contributed by atoms with van der Waals surface area (Å²) >= 11 is 0. The number of benzene rings is 2. The fraction of sp³-hybridized carbons (Fsp3) is 0.118. The number of hydrogen-bond acceptors (Lipinski definition) is 4. The average Bonchev–Trinajstić information content (AvgIpc) is 3.01. The molecule has 0 saturated carbocycles. The van der Waals surface area contributed by atoms with Gasteiger partial charge in [0.2, 0.25) is 6.79 Å². The van der Waals surface area contributed by atoms with Gasteiger partial charge >= 0.3 is 0 Å². The third kappa shape index (κ3) is 2.00. The first-order valence-corrected chi connectivity index (χ1v) is 6.73. The molecule has 2 heterocycles. The van der Waals surface area contributed by atoms with Crippen molar-refractivity contribution in [2.75, 3.05) is 6.79 Å². The molecule has 3 aromatic rings. The maximum Gasteiger partial charge on any atom is 0.231 e. The molecule has 21 heavy (non-hydrogen) atoms. The molecule has 0 fully saturated rings. The molecule has 0 radical (unpaired) electrons. The minimum absolute atomic E-state index is 0.227. The Morgan fingerprint density at radius 1 is 1.00 bits per heavy atom. The summed E-state index contributed by atoms with van der Waals surface area (Å²) in [6, 6.07) is 13.4. The van der Waals surface area contributed by atoms with Crippen molar-refractivity contribution in [3.63, 3.8) is 0 Å². The molecule has 1 unspecified atom stereocenters. The fourth-order valence-electron chi connectivity index (χ4n) is 2.62. The number of pyridine rings is 1. The zero-order valence-corrected chi connectivity index (χ0v) is 11.2. The second-order valence-electron chi connectivity index (χ2n) is 4.97. The quantitative estimate of drug-likeness (QED) is 0.783. The third-order valence-electron chi connectivity index (χ3n) is 3.71. The van der Waals surface area contributed by atoms with Gasteiger partial charge in [0, 0.05) is 23.3 Å². The van der Waals surface area contributed by atoms with Crippen molar-refractivity contribution in [3.8, 4) is 11.5 Å². The Morgan fingerprint density at radius 2 is 1.86 bits per heavy atom. The highest BCUT2D eigenvalue weighted by atomic mass is 16.7. The van der Waals surface area contributed by atoms with Crippen LogP contribution in [0.3, 0.4) is 0 Å². The van der Waals surface area contributed by atoms with E-state index in [2.05, 4.69) is 4.98 Å². The Morgan fingerprint density at radius 3 is 2.81 bits per heavy atom. The lowest BCUT2D eigenvalue weighted by Gasteiger charge is -2.14. The van der Waals surface area contributed by atoms with Gasteiger partial charge in [0.15, 0.2) is 11.5 Å². The summed E-state index contributed by atoms with van der Waals surface area (Å²) in [7, 11) is 0. The lowest BCUT2D eigenvalue weighted by atomic mass is 9.98. The summed E-state index contributed by atoms with van der Waals surface area (Å²) in [5.74, 6) is 1.38. The first-order chi connectivity index (χ1) is 10.3. The molecule has 4 nitrogen and oxygen atoms in total. The Labute approximate surface area is 121 Å². The van der Waals surface area contributed by atoms with Crippen LogP contribution >= 0.6 is 0 Å². The van der Waals surface area contributed by atoms with Gasteiger partial charge in [-0.2, -0.15) is 0 Å². The van der Waals surface area contributed by atoms with Gasteiger partial charge < -0.3 is 14.6 Å². The summed E-state index contributed by atoms with van der Waals surface area (Å²) in [6.45, 7) is 0.227. The standard InChI is InChI=1S/C17H13NO3/c19-17(11-5-6-15-16(7-11)21-10-20-15)14-9-18-8-12-3-1-2-4-13(12)14/h1-9,17,19H,10H2. The van der Waals surface area contributed by atoms with Gasteiger partial charge in [-0.05, 0) is 23.1 Å². The number of rotatable bonds is 2. The number of fused-ring (bicyclic) bond motifs is 2. The van der Waals surface area contributed by atoms with Gasteiger partial charge in [0.1, 0.15) is 6.10 Å². The van der Waals surface area contributed by atoms with E-state index in [1.54, 1.807) is 12.4 Å². The van der Waals surface area contributed by atoms with Crippen LogP contribution in [0.5, 0.6) is 11.5 Å². The highest BCUT2D eigenvalue weighted by Crippen LogP contribution is 2.36. The van der Waals surface area contributed by atoms with E-state index >= 15 is 0 Å². The smallest absolute Gasteiger partial charge is 0.231 e. The van der Waals surface area contributed by atoms with Gasteiger partial charge in [-0.1, -0.05) is 30.3 Å². The number of hydrogen-bond donors (Lipinski definition) is 1. The van der Waals surface area contributed by atoms with Crippen LogP contribution in [0.25, 0.3) is 10.8 Å². The molecule has 0 bridgehead atoms. The second-order valence-corrected chi connectivity index (χ2v) is 4.97. The molecule has 2 aromatic carbocycles. The SMILES string of the molecule is OC(c1ccc2c(c1)OCO2)c1cncc2ccccc12. The number of nitrogens with zero attached hydrogens (tertiary/aromatic N) is 1. The molecule has 4 rings (SSSR count). The average molecular weight is 279 g/mol. The van der Waals surface area contributed by atoms with E-state index in [0.29, 0.717) is 11.5 Å². The van der Waals surface area contributed by atoms with Crippen molar-refractivity contribution in [1.29, 1.82) is 0 Å². The second kappa shape index (κ2) is 4.75. The Bertz CT molecular complexity index is 811. The maximum atomic E-state index is 10.7. The Kier molecular flexibility index (Phi) is 2.75. The number of aromatic nitrogens is 1. The minimum Gasteiger partial charge on any atom is -0.454 e. The van der Waals surface area contributed by atoms with E-state index in [1.165, 1.54) is 0 Å². The van der Waals surface area contributed by atoms with Gasteiger partial charge in [0.05, 0.1) is 0 Å². The number of ether oxygens (including phenoxy) is 2. The molecule has 1 N–H and O–H groups in total. The van der Waals surface area contributed by atoms with E-state index in [9.17, 15) is 5.11 Å². The molecule has 1 aromatic heterocycles. The van der Waals surface area contributed by atoms with Gasteiger partial charge in [-0.3, -0.25) is 4.98 Å². The fourth-order valence-corrected chi connectivity index (χ4v) is 2.62. The largest absolute Gasteiger partial charge is 0.454 e. The number of aliphatic hydroxyl groups is 1. The molecule has 1 aliphatic rings. The molecular formula is C17H13NO3. The van der Waals surface area contributed by atoms with E-state index in [4.69, 9.17) is 9.47 Å². The topological polar surface area (TPSA) is 51.6 Å². The minimum atomic E-state index is -0.752. The monoisotopic (exact) mass is 279 g/mol. The van der Waals surface area contributed by atoms with Gasteiger partial charge in [0.25, 0.3) is 0 Å². The predicted octanol–water partition coefficient (Wildman–Crippen LogP) is 3.05. The van der Waals surface area contributed by atoms with Crippen LogP contribution in [-0.2, 0) is 0 Å². The molecule has 0 aliphatic carbocycles. The van der Waals surface area contributed by atoms with Gasteiger partial charge in [-0.15, -0.1) is 0 Å². The van der Waals surface area contributed by atoms with Crippen molar-refractivity contribution < 1.29 is 14.6 Å². The molecule has 0 amide bonds. The molecule has 4 heteroatoms. The maximum absolute atomic E-state index is 10.7. The van der Waals surface area contributed by atoms with Crippen molar-refractivity contribution in [1.82, 2.24) is 4.98 Å². The van der Waals surface area contributed by atoms with Crippen molar-refractivity contribution in [3.05, 3.63) is 66.0 Å². The molecule has 1 atom stereocenters. The van der Waals surface area contributed by atoms with Crippen LogP contribution in [0.2, 0.25) is 0 Å². The van der Waals surface area contributed by atoms with Crippen LogP contribution in [0.15, 0.2) is 54.9 Å². The highest BCUT2D eigenvalue weighted by Gasteiger charge is 2.19. The van der Waals surface area contributed by atoms with Crippen LogP contribution in [-0.4, -0.2) is 16.9 Å². The zero-order valence-electron chi connectivity index (χ0n) is 11.2. The third-order valence-corrected chi connectivity index (χ3v) is 3.71. The summed E-state index contributed by atoms with van der Waals surface area (Å²) in [4.78, 5) is 4.22. The van der Waals surface area contributed by atoms with E-state index in [1.807, 2.05) is 42.5 Å². The van der Waals surface area contributed by atoms with E-state index in [-0.39, 0.29) is 6.79 Å². The van der Waals surface area contributed by atoms with Crippen molar-refractivity contribution >= 4 is 10.8 Å². The predicted molar refractivity (Wildman–Crippen MR) is 78.4 cm³/mol. The zero-order chi connectivity index (χ0) is 14.2. The highest BCUT2D eigenvalue weighted by molar-refractivity contribution is 5.85. The summed E-state index contributed by atoms with van der Waals surface area (Å²) in [5.41, 5.74) is 1.55. The summed E-state index contributed by atoms with van der Waals surface area (Å²) in [6.07, 6.45) is 2.75. The molecule has 104 valence electrons. The molecule has 1 aliphatic heterocycles. The molecule has 0 spiro atoms. The van der Waals surface area contributed by atoms with Crippen LogP contribution in [0.1, 0.15) is 17.2 Å². The summed E-state index contributed by atoms with van der Waals surface area (Å²) < 4.78 is 10.7. The first kappa shape index (κ1) is 12.2. The van der Waals surface area contributed by atoms with E-state index in [0.717, 1.165) is 21.9 Å². The Hall–Kier alpha value is -2.59. The van der Waals surface area contributed by atoms with Gasteiger partial charge in [-0.25, -0.2) is 0 Å². The van der Waals surface area contributed by atoms with Crippen LogP contribution in [0.4, 0.5) is 0 Å². The van der Waals surface area contributed by atoms with Crippen LogP contribution in [0, 0.1) is 0 Å². The van der Waals surface area contributed by atoms with E-state index < -0.39 is 6.10 Å². The van der Waals surface area contributed by atoms with Crippen molar-refractivity contribution in [2.24, 2.45) is 0 Å². The Balaban J connectivity index is 1.81. The van der Waals surface area contributed by atoms with Crippen molar-refractivity contribution in [2.45, 2.75) is 6.10 Å². The van der Waals surface area contributed by atoms with Crippen LogP contribution < -0.4 is 9.47 Å². The first-order valence-electron chi connectivity index (χ1n) is 6.73.